The van der Waals surface area contributed by atoms with E-state index in [0.29, 0.717) is 0 Å². The van der Waals surface area contributed by atoms with Gasteiger partial charge < -0.3 is 4.57 Å². The number of rotatable bonds is 2. The highest BCUT2D eigenvalue weighted by atomic mass is 32.1. The largest absolute Gasteiger partial charge is 0.308 e. The molecular formula is C32H19NS. The summed E-state index contributed by atoms with van der Waals surface area (Å²) in [6.07, 6.45) is 0. The van der Waals surface area contributed by atoms with Crippen LogP contribution in [0.5, 0.6) is 0 Å². The molecule has 0 N–H and O–H groups in total. The van der Waals surface area contributed by atoms with Crippen LogP contribution in [0.25, 0.3) is 69.6 Å². The molecule has 0 saturated carbocycles. The van der Waals surface area contributed by atoms with Gasteiger partial charge in [0.05, 0.1) is 15.7 Å². The number of hydrogen-bond donors (Lipinski definition) is 0. The minimum Gasteiger partial charge on any atom is -0.308 e. The normalized spacial score (nSPS) is 12.1. The summed E-state index contributed by atoms with van der Waals surface area (Å²) in [4.78, 5) is 0. The Labute approximate surface area is 200 Å². The molecule has 0 amide bonds. The zero-order valence-electron chi connectivity index (χ0n) is 18.3. The van der Waals surface area contributed by atoms with Crippen molar-refractivity contribution in [3.8, 4) is 16.8 Å². The standard InChI is InChI=1S/C32H19NS/c1-2-7-20(8-3-1)21-15-17-24(18-16-21)33-27-11-6-9-22-13-14-23-19-26-25-10-4-5-12-28(25)34-32(26)31(33)30(23)29(22)27/h1-19H. The monoisotopic (exact) mass is 449 g/mol. The number of thiophene rings is 1. The molecule has 0 unspecified atom stereocenters. The highest BCUT2D eigenvalue weighted by Gasteiger charge is 2.21. The quantitative estimate of drug-likeness (QED) is 0.232. The van der Waals surface area contributed by atoms with Gasteiger partial charge in [0.1, 0.15) is 0 Å². The van der Waals surface area contributed by atoms with E-state index >= 15 is 0 Å². The van der Waals surface area contributed by atoms with E-state index in [2.05, 4.69) is 120 Å². The molecule has 0 aliphatic heterocycles. The van der Waals surface area contributed by atoms with Crippen molar-refractivity contribution in [2.75, 3.05) is 0 Å². The molecule has 2 heterocycles. The second-order valence-corrected chi connectivity index (χ2v) is 10.0. The average Bonchev–Trinajstić information content (AvgIpc) is 3.45. The fourth-order valence-electron chi connectivity index (χ4n) is 5.63. The van der Waals surface area contributed by atoms with Crippen molar-refractivity contribution in [1.29, 1.82) is 0 Å². The van der Waals surface area contributed by atoms with Gasteiger partial charge >= 0.3 is 0 Å². The van der Waals surface area contributed by atoms with Crippen LogP contribution in [-0.4, -0.2) is 4.57 Å². The van der Waals surface area contributed by atoms with Crippen molar-refractivity contribution in [2.24, 2.45) is 0 Å². The molecule has 0 radical (unpaired) electrons. The van der Waals surface area contributed by atoms with Crippen molar-refractivity contribution in [3.63, 3.8) is 0 Å². The molecule has 34 heavy (non-hydrogen) atoms. The Morgan fingerprint density at radius 3 is 2.18 bits per heavy atom. The zero-order valence-corrected chi connectivity index (χ0v) is 19.1. The van der Waals surface area contributed by atoms with Gasteiger partial charge in [0.15, 0.2) is 0 Å². The lowest BCUT2D eigenvalue weighted by Gasteiger charge is -2.10. The topological polar surface area (TPSA) is 4.93 Å². The highest BCUT2D eigenvalue weighted by molar-refractivity contribution is 7.26. The van der Waals surface area contributed by atoms with Gasteiger partial charge in [-0.2, -0.15) is 0 Å². The Morgan fingerprint density at radius 2 is 1.29 bits per heavy atom. The summed E-state index contributed by atoms with van der Waals surface area (Å²) < 4.78 is 5.19. The van der Waals surface area contributed by atoms with Crippen LogP contribution < -0.4 is 0 Å². The minimum absolute atomic E-state index is 1.20. The maximum absolute atomic E-state index is 2.48. The molecule has 0 atom stereocenters. The number of hydrogen-bond acceptors (Lipinski definition) is 1. The minimum atomic E-state index is 1.20. The predicted octanol–water partition coefficient (Wildman–Crippen LogP) is 9.41. The molecular weight excluding hydrogens is 430 g/mol. The summed E-state index contributed by atoms with van der Waals surface area (Å²) in [6, 6.07) is 42.1. The molecule has 0 saturated heterocycles. The van der Waals surface area contributed by atoms with E-state index in [1.54, 1.807) is 0 Å². The zero-order chi connectivity index (χ0) is 22.2. The van der Waals surface area contributed by atoms with Gasteiger partial charge in [-0.1, -0.05) is 84.9 Å². The summed E-state index contributed by atoms with van der Waals surface area (Å²) in [5, 5.41) is 8.04. The predicted molar refractivity (Wildman–Crippen MR) is 148 cm³/mol. The molecule has 6 aromatic carbocycles. The lowest BCUT2D eigenvalue weighted by atomic mass is 10.00. The Balaban J connectivity index is 1.53. The Morgan fingerprint density at radius 1 is 0.529 bits per heavy atom. The summed E-state index contributed by atoms with van der Waals surface area (Å²) in [5.41, 5.74) is 6.29. The van der Waals surface area contributed by atoms with Gasteiger partial charge in [0.25, 0.3) is 0 Å². The Kier molecular flexibility index (Phi) is 3.60. The van der Waals surface area contributed by atoms with E-state index in [0.717, 1.165) is 0 Å². The first kappa shape index (κ1) is 18.3. The van der Waals surface area contributed by atoms with Gasteiger partial charge in [-0.25, -0.2) is 0 Å². The molecule has 0 spiro atoms. The van der Waals surface area contributed by atoms with Crippen LogP contribution in [-0.2, 0) is 0 Å². The number of nitrogens with zero attached hydrogens (tertiary/aromatic N) is 1. The number of fused-ring (bicyclic) bond motifs is 4. The van der Waals surface area contributed by atoms with E-state index < -0.39 is 0 Å². The van der Waals surface area contributed by atoms with Gasteiger partial charge in [0, 0.05) is 31.9 Å². The molecule has 0 aliphatic rings. The first-order valence-corrected chi connectivity index (χ1v) is 12.4. The molecule has 8 aromatic rings. The second-order valence-electron chi connectivity index (χ2n) is 8.99. The lowest BCUT2D eigenvalue weighted by Crippen LogP contribution is -1.94. The van der Waals surface area contributed by atoms with Gasteiger partial charge in [0.2, 0.25) is 0 Å². The van der Waals surface area contributed by atoms with Gasteiger partial charge in [-0.15, -0.1) is 11.3 Å². The van der Waals surface area contributed by atoms with Crippen molar-refractivity contribution in [3.05, 3.63) is 115 Å². The van der Waals surface area contributed by atoms with Crippen molar-refractivity contribution < 1.29 is 0 Å². The summed E-state index contributed by atoms with van der Waals surface area (Å²) in [5.74, 6) is 0. The SMILES string of the molecule is c1ccc(-c2ccc(-n3c4cccc5ccc6cc7c8ccccc8sc7c3c6c54)cc2)cc1. The molecule has 2 heteroatoms. The smallest absolute Gasteiger partial charge is 0.0726 e. The lowest BCUT2D eigenvalue weighted by molar-refractivity contribution is 1.19. The first-order chi connectivity index (χ1) is 16.9. The summed E-state index contributed by atoms with van der Waals surface area (Å²) in [6.45, 7) is 0. The third kappa shape index (κ3) is 2.38. The maximum atomic E-state index is 2.48. The average molecular weight is 450 g/mol. The van der Waals surface area contributed by atoms with E-state index in [1.807, 2.05) is 11.3 Å². The maximum Gasteiger partial charge on any atom is 0.0726 e. The van der Waals surface area contributed by atoms with Crippen LogP contribution in [0.4, 0.5) is 0 Å². The van der Waals surface area contributed by atoms with E-state index in [-0.39, 0.29) is 0 Å². The fraction of sp³-hybridized carbons (Fsp3) is 0. The van der Waals surface area contributed by atoms with E-state index in [9.17, 15) is 0 Å². The van der Waals surface area contributed by atoms with Crippen molar-refractivity contribution in [1.82, 2.24) is 4.57 Å². The highest BCUT2D eigenvalue weighted by Crippen LogP contribution is 2.46. The Bertz CT molecular complexity index is 1990. The third-order valence-electron chi connectivity index (χ3n) is 7.14. The molecule has 2 aromatic heterocycles. The summed E-state index contributed by atoms with van der Waals surface area (Å²) in [7, 11) is 0. The first-order valence-electron chi connectivity index (χ1n) is 11.6. The molecule has 0 aliphatic carbocycles. The van der Waals surface area contributed by atoms with Crippen LogP contribution in [0.15, 0.2) is 115 Å². The van der Waals surface area contributed by atoms with Crippen LogP contribution in [0.3, 0.4) is 0 Å². The molecule has 1 nitrogen and oxygen atoms in total. The summed E-state index contributed by atoms with van der Waals surface area (Å²) >= 11 is 1.91. The molecule has 8 rings (SSSR count). The van der Waals surface area contributed by atoms with Crippen LogP contribution in [0, 0.1) is 0 Å². The number of aromatic nitrogens is 1. The van der Waals surface area contributed by atoms with E-state index in [4.69, 9.17) is 0 Å². The van der Waals surface area contributed by atoms with Crippen LogP contribution in [0.1, 0.15) is 0 Å². The molecule has 0 bridgehead atoms. The van der Waals surface area contributed by atoms with E-state index in [1.165, 1.54) is 69.6 Å². The molecule has 158 valence electrons. The van der Waals surface area contributed by atoms with Crippen LogP contribution in [0.2, 0.25) is 0 Å². The van der Waals surface area contributed by atoms with Gasteiger partial charge in [-0.3, -0.25) is 0 Å². The second kappa shape index (κ2) is 6.69. The van der Waals surface area contributed by atoms with Gasteiger partial charge in [-0.05, 0) is 52.2 Å². The van der Waals surface area contributed by atoms with Crippen molar-refractivity contribution >= 4 is 64.1 Å². The van der Waals surface area contributed by atoms with Crippen LogP contribution >= 0.6 is 11.3 Å². The van der Waals surface area contributed by atoms with Crippen molar-refractivity contribution in [2.45, 2.75) is 0 Å². The fourth-order valence-corrected chi connectivity index (χ4v) is 6.85. The third-order valence-corrected chi connectivity index (χ3v) is 8.33. The number of benzene rings is 6. The Hall–Kier alpha value is -4.14. The molecule has 0 fully saturated rings.